The number of nitrogens with one attached hydrogen (secondary N) is 2. The first-order valence-electron chi connectivity index (χ1n) is 8.10. The highest BCUT2D eigenvalue weighted by molar-refractivity contribution is 14.1. The summed E-state index contributed by atoms with van der Waals surface area (Å²) in [5, 5.41) is 6.43. The lowest BCUT2D eigenvalue weighted by Gasteiger charge is -2.36. The molecule has 2 aromatic carbocycles. The van der Waals surface area contributed by atoms with Crippen LogP contribution in [0.25, 0.3) is 0 Å². The first kappa shape index (κ1) is 17.1. The molecule has 2 aromatic rings. The molecule has 1 amide bonds. The number of halogens is 1. The minimum absolute atomic E-state index is 0.190. The zero-order chi connectivity index (χ0) is 16.9. The number of amides is 1. The molecule has 4 nitrogen and oxygen atoms in total. The van der Waals surface area contributed by atoms with Gasteiger partial charge in [0.2, 0.25) is 0 Å². The number of hydrogen-bond donors (Lipinski definition) is 2. The monoisotopic (exact) mass is 436 g/mol. The van der Waals surface area contributed by atoms with E-state index in [-0.39, 0.29) is 12.1 Å². The van der Waals surface area contributed by atoms with Crippen molar-refractivity contribution in [2.75, 3.05) is 5.32 Å². The summed E-state index contributed by atoms with van der Waals surface area (Å²) in [6, 6.07) is 16.7. The van der Waals surface area contributed by atoms with Gasteiger partial charge in [-0.1, -0.05) is 36.4 Å². The Morgan fingerprint density at radius 3 is 2.62 bits per heavy atom. The predicted molar refractivity (Wildman–Crippen MR) is 104 cm³/mol. The predicted octanol–water partition coefficient (Wildman–Crippen LogP) is 4.47. The van der Waals surface area contributed by atoms with E-state index in [0.29, 0.717) is 12.6 Å². The fourth-order valence-electron chi connectivity index (χ4n) is 2.70. The Labute approximate surface area is 156 Å². The molecule has 5 heteroatoms. The molecule has 1 aliphatic carbocycles. The molecule has 0 atom stereocenters. The second kappa shape index (κ2) is 7.88. The number of rotatable bonds is 5. The van der Waals surface area contributed by atoms with E-state index in [1.165, 1.54) is 9.13 Å². The van der Waals surface area contributed by atoms with Gasteiger partial charge in [0.25, 0.3) is 0 Å². The molecule has 24 heavy (non-hydrogen) atoms. The van der Waals surface area contributed by atoms with Crippen LogP contribution in [-0.4, -0.2) is 18.2 Å². The van der Waals surface area contributed by atoms with Crippen molar-refractivity contribution in [3.63, 3.8) is 0 Å². The van der Waals surface area contributed by atoms with Crippen LogP contribution in [0.3, 0.4) is 0 Å². The Kier molecular flexibility index (Phi) is 5.60. The number of anilines is 1. The molecule has 0 unspecified atom stereocenters. The molecule has 1 fully saturated rings. The number of carbonyl (C=O) groups excluding carboxylic acids is 1. The van der Waals surface area contributed by atoms with Gasteiger partial charge in [0.15, 0.2) is 0 Å². The summed E-state index contributed by atoms with van der Waals surface area (Å²) in [6.07, 6.45) is 1.50. The largest absolute Gasteiger partial charge is 0.445 e. The van der Waals surface area contributed by atoms with Crippen molar-refractivity contribution in [1.29, 1.82) is 0 Å². The lowest BCUT2D eigenvalue weighted by atomic mass is 9.86. The zero-order valence-electron chi connectivity index (χ0n) is 13.6. The van der Waals surface area contributed by atoms with Gasteiger partial charge in [0.05, 0.1) is 0 Å². The molecule has 3 rings (SSSR count). The number of carbonyl (C=O) groups is 1. The standard InChI is InChI=1S/C19H21IN2O2/c1-13-7-8-15(11-18(13)20)21-16-9-17(10-16)22-19(23)24-12-14-5-3-2-4-6-14/h2-8,11,16-17,21H,9-10,12H2,1H3,(H,22,23). The van der Waals surface area contributed by atoms with E-state index in [1.54, 1.807) is 0 Å². The molecule has 0 heterocycles. The van der Waals surface area contributed by atoms with Crippen molar-refractivity contribution in [3.8, 4) is 0 Å². The van der Waals surface area contributed by atoms with Crippen LogP contribution in [0.1, 0.15) is 24.0 Å². The minimum atomic E-state index is -0.341. The summed E-state index contributed by atoms with van der Waals surface area (Å²) in [4.78, 5) is 11.8. The van der Waals surface area contributed by atoms with Crippen LogP contribution in [0, 0.1) is 10.5 Å². The van der Waals surface area contributed by atoms with Crippen molar-refractivity contribution in [3.05, 3.63) is 63.2 Å². The van der Waals surface area contributed by atoms with Gasteiger partial charge in [-0.05, 0) is 65.6 Å². The Bertz CT molecular complexity index is 700. The topological polar surface area (TPSA) is 50.4 Å². The summed E-state index contributed by atoms with van der Waals surface area (Å²) in [7, 11) is 0. The van der Waals surface area contributed by atoms with E-state index < -0.39 is 0 Å². The second-order valence-electron chi connectivity index (χ2n) is 6.18. The quantitative estimate of drug-likeness (QED) is 0.681. The van der Waals surface area contributed by atoms with Crippen molar-refractivity contribution < 1.29 is 9.53 Å². The van der Waals surface area contributed by atoms with E-state index in [9.17, 15) is 4.79 Å². The number of aryl methyl sites for hydroxylation is 1. The van der Waals surface area contributed by atoms with E-state index in [1.807, 2.05) is 30.3 Å². The van der Waals surface area contributed by atoms with Crippen LogP contribution >= 0.6 is 22.6 Å². The van der Waals surface area contributed by atoms with E-state index in [2.05, 4.69) is 58.3 Å². The molecule has 0 bridgehead atoms. The van der Waals surface area contributed by atoms with Gasteiger partial charge in [0, 0.05) is 21.3 Å². The number of benzene rings is 2. The molecule has 0 aromatic heterocycles. The molecule has 0 aliphatic heterocycles. The summed E-state index contributed by atoms with van der Waals surface area (Å²) < 4.78 is 6.51. The summed E-state index contributed by atoms with van der Waals surface area (Å²) in [5.74, 6) is 0. The summed E-state index contributed by atoms with van der Waals surface area (Å²) in [5.41, 5.74) is 3.42. The molecule has 1 saturated carbocycles. The van der Waals surface area contributed by atoms with Gasteiger partial charge in [-0.25, -0.2) is 4.79 Å². The van der Waals surface area contributed by atoms with Gasteiger partial charge >= 0.3 is 6.09 Å². The molecule has 0 radical (unpaired) electrons. The van der Waals surface area contributed by atoms with Gasteiger partial charge in [-0.15, -0.1) is 0 Å². The highest BCUT2D eigenvalue weighted by Crippen LogP contribution is 2.26. The number of hydrogen-bond acceptors (Lipinski definition) is 3. The molecule has 0 spiro atoms. The first-order chi connectivity index (χ1) is 11.6. The molecule has 126 valence electrons. The molecule has 1 aliphatic rings. The Morgan fingerprint density at radius 2 is 1.92 bits per heavy atom. The maximum atomic E-state index is 11.8. The van der Waals surface area contributed by atoms with E-state index in [4.69, 9.17) is 4.74 Å². The van der Waals surface area contributed by atoms with Gasteiger partial charge < -0.3 is 15.4 Å². The van der Waals surface area contributed by atoms with Crippen molar-refractivity contribution in [2.45, 2.75) is 38.5 Å². The van der Waals surface area contributed by atoms with Crippen molar-refractivity contribution in [2.24, 2.45) is 0 Å². The van der Waals surface area contributed by atoms with Gasteiger partial charge in [0.1, 0.15) is 6.61 Å². The lowest BCUT2D eigenvalue weighted by molar-refractivity contribution is 0.129. The summed E-state index contributed by atoms with van der Waals surface area (Å²) in [6.45, 7) is 2.42. The maximum Gasteiger partial charge on any atom is 0.407 e. The van der Waals surface area contributed by atoms with Crippen LogP contribution in [0.4, 0.5) is 10.5 Å². The highest BCUT2D eigenvalue weighted by Gasteiger charge is 2.30. The third kappa shape index (κ3) is 4.63. The normalized spacial score (nSPS) is 19.2. The fraction of sp³-hybridized carbons (Fsp3) is 0.316. The Hall–Kier alpha value is -1.76. The van der Waals surface area contributed by atoms with E-state index in [0.717, 1.165) is 24.1 Å². The van der Waals surface area contributed by atoms with Crippen LogP contribution in [0.2, 0.25) is 0 Å². The third-order valence-electron chi connectivity index (χ3n) is 4.22. The molecular formula is C19H21IN2O2. The number of ether oxygens (including phenoxy) is 1. The minimum Gasteiger partial charge on any atom is -0.445 e. The van der Waals surface area contributed by atoms with Crippen LogP contribution < -0.4 is 10.6 Å². The first-order valence-corrected chi connectivity index (χ1v) is 9.18. The van der Waals surface area contributed by atoms with Crippen LogP contribution in [-0.2, 0) is 11.3 Å². The van der Waals surface area contributed by atoms with E-state index >= 15 is 0 Å². The maximum absolute atomic E-state index is 11.8. The SMILES string of the molecule is Cc1ccc(NC2CC(NC(=O)OCc3ccccc3)C2)cc1I. The number of alkyl carbamates (subject to hydrolysis) is 1. The second-order valence-corrected chi connectivity index (χ2v) is 7.34. The zero-order valence-corrected chi connectivity index (χ0v) is 15.7. The van der Waals surface area contributed by atoms with Crippen molar-refractivity contribution in [1.82, 2.24) is 5.32 Å². The van der Waals surface area contributed by atoms with Gasteiger partial charge in [-0.3, -0.25) is 0 Å². The van der Waals surface area contributed by atoms with Crippen LogP contribution in [0.15, 0.2) is 48.5 Å². The average molecular weight is 436 g/mol. The molecule has 2 N–H and O–H groups in total. The molecular weight excluding hydrogens is 415 g/mol. The Morgan fingerprint density at radius 1 is 1.17 bits per heavy atom. The smallest absolute Gasteiger partial charge is 0.407 e. The lowest BCUT2D eigenvalue weighted by Crippen LogP contribution is -2.49. The summed E-state index contributed by atoms with van der Waals surface area (Å²) >= 11 is 2.35. The van der Waals surface area contributed by atoms with Crippen LogP contribution in [0.5, 0.6) is 0 Å². The van der Waals surface area contributed by atoms with Crippen molar-refractivity contribution >= 4 is 34.4 Å². The fourth-order valence-corrected chi connectivity index (χ4v) is 3.22. The van der Waals surface area contributed by atoms with Gasteiger partial charge in [-0.2, -0.15) is 0 Å². The average Bonchev–Trinajstić information content (AvgIpc) is 2.55. The molecule has 0 saturated heterocycles. The highest BCUT2D eigenvalue weighted by atomic mass is 127. The Balaban J connectivity index is 1.37. The third-order valence-corrected chi connectivity index (χ3v) is 5.38.